The number of piperidine rings is 1. The van der Waals surface area contributed by atoms with Crippen LogP contribution in [0, 0.1) is 11.7 Å². The molecule has 1 saturated carbocycles. The highest BCUT2D eigenvalue weighted by Crippen LogP contribution is 2.38. The second-order valence-corrected chi connectivity index (χ2v) is 10.2. The van der Waals surface area contributed by atoms with Crippen molar-refractivity contribution in [2.24, 2.45) is 11.7 Å². The minimum Gasteiger partial charge on any atom is -0.493 e. The van der Waals surface area contributed by atoms with Crippen LogP contribution in [0.5, 0.6) is 11.5 Å². The van der Waals surface area contributed by atoms with Crippen LogP contribution in [0.2, 0.25) is 5.02 Å². The van der Waals surface area contributed by atoms with Crippen molar-refractivity contribution >= 4 is 39.9 Å². The summed E-state index contributed by atoms with van der Waals surface area (Å²) in [5, 5.41) is 3.74. The number of likely N-dealkylation sites (tertiary alicyclic amines) is 1. The molecular weight excluding hydrogens is 497 g/mol. The molecule has 2 aliphatic rings. The van der Waals surface area contributed by atoms with Gasteiger partial charge in [0.05, 0.1) is 35.4 Å². The second-order valence-electron chi connectivity index (χ2n) is 9.75. The van der Waals surface area contributed by atoms with Crippen LogP contribution >= 0.6 is 11.6 Å². The molecule has 1 saturated heterocycles. The molecule has 3 aromatic rings. The van der Waals surface area contributed by atoms with E-state index >= 15 is 0 Å². The summed E-state index contributed by atoms with van der Waals surface area (Å²) < 4.78 is 26.5. The quantitative estimate of drug-likeness (QED) is 0.442. The number of aromatic nitrogens is 2. The monoisotopic (exact) mass is 527 g/mol. The van der Waals surface area contributed by atoms with Crippen molar-refractivity contribution in [2.75, 3.05) is 25.5 Å². The summed E-state index contributed by atoms with van der Waals surface area (Å²) >= 11 is 5.94. The number of nitrogens with zero attached hydrogens (tertiary/aromatic N) is 3. The smallest absolute Gasteiger partial charge is 0.221 e. The van der Waals surface area contributed by atoms with Crippen LogP contribution < -0.4 is 20.5 Å². The fraction of sp³-hybridized carbons (Fsp3) is 0.444. The van der Waals surface area contributed by atoms with Gasteiger partial charge in [-0.1, -0.05) is 17.7 Å². The number of hydrogen-bond donors (Lipinski definition) is 2. The van der Waals surface area contributed by atoms with Gasteiger partial charge in [0, 0.05) is 24.0 Å². The molecule has 1 aromatic heterocycles. The number of primary amides is 1. The van der Waals surface area contributed by atoms with Crippen molar-refractivity contribution < 1.29 is 18.7 Å². The van der Waals surface area contributed by atoms with Crippen molar-refractivity contribution in [1.82, 2.24) is 14.9 Å². The lowest BCUT2D eigenvalue weighted by Crippen LogP contribution is -2.47. The first-order valence-corrected chi connectivity index (χ1v) is 13.0. The average Bonchev–Trinajstić information content (AvgIpc) is 2.91. The minimum atomic E-state index is -0.548. The molecule has 2 aromatic carbocycles. The average molecular weight is 528 g/mol. The number of amides is 1. The predicted molar refractivity (Wildman–Crippen MR) is 141 cm³/mol. The zero-order valence-electron chi connectivity index (χ0n) is 20.8. The molecule has 2 fully saturated rings. The van der Waals surface area contributed by atoms with Gasteiger partial charge in [0.1, 0.15) is 12.1 Å². The van der Waals surface area contributed by atoms with E-state index in [-0.39, 0.29) is 28.6 Å². The topological polar surface area (TPSA) is 103 Å². The zero-order chi connectivity index (χ0) is 25.9. The molecule has 8 nitrogen and oxygen atoms in total. The molecule has 2 heterocycles. The maximum absolute atomic E-state index is 14.5. The Labute approximate surface area is 220 Å². The van der Waals surface area contributed by atoms with Gasteiger partial charge in [-0.3, -0.25) is 9.69 Å². The third-order valence-electron chi connectivity index (χ3n) is 7.43. The van der Waals surface area contributed by atoms with Gasteiger partial charge in [0.25, 0.3) is 0 Å². The summed E-state index contributed by atoms with van der Waals surface area (Å²) in [6.07, 6.45) is 7.13. The van der Waals surface area contributed by atoms with E-state index in [1.807, 2.05) is 6.07 Å². The maximum atomic E-state index is 14.5. The number of hydrogen-bond acceptors (Lipinski definition) is 7. The number of halogens is 2. The molecule has 3 N–H and O–H groups in total. The molecule has 196 valence electrons. The van der Waals surface area contributed by atoms with Gasteiger partial charge < -0.3 is 20.5 Å². The Morgan fingerprint density at radius 3 is 2.73 bits per heavy atom. The number of fused-ring (bicyclic) bond motifs is 1. The molecule has 0 bridgehead atoms. The molecule has 1 aliphatic carbocycles. The molecule has 5 rings (SSSR count). The molecule has 1 amide bonds. The van der Waals surface area contributed by atoms with Crippen molar-refractivity contribution in [3.8, 4) is 11.5 Å². The van der Waals surface area contributed by atoms with E-state index in [9.17, 15) is 9.18 Å². The Bertz CT molecular complexity index is 1280. The van der Waals surface area contributed by atoms with E-state index < -0.39 is 5.82 Å². The molecule has 1 aliphatic heterocycles. The standard InChI is InChI=1S/C27H31ClFN5O3/c1-36-23-13-22-19(27(32-15-31-22)33-21-6-2-5-20(28)25(21)29)12-24(23)37-18-9-7-17(8-10-18)34-11-3-4-16(14-34)26(30)35/h2,5-6,12-13,15-18H,3-4,7-11,14H2,1H3,(H2,30,35)(H,31,32,33)/t16-,17-,18+/m0/s1. The highest BCUT2D eigenvalue weighted by Gasteiger charge is 2.32. The Hall–Kier alpha value is -3.17. The van der Waals surface area contributed by atoms with Crippen LogP contribution in [0.25, 0.3) is 10.9 Å². The summed E-state index contributed by atoms with van der Waals surface area (Å²) in [5.41, 5.74) is 6.43. The van der Waals surface area contributed by atoms with Crippen LogP contribution in [0.4, 0.5) is 15.9 Å². The number of nitrogens with one attached hydrogen (secondary N) is 1. The third-order valence-corrected chi connectivity index (χ3v) is 7.73. The molecule has 1 atom stereocenters. The van der Waals surface area contributed by atoms with Gasteiger partial charge in [-0.2, -0.15) is 0 Å². The zero-order valence-corrected chi connectivity index (χ0v) is 21.5. The molecule has 0 spiro atoms. The van der Waals surface area contributed by atoms with Gasteiger partial charge in [-0.25, -0.2) is 14.4 Å². The normalized spacial score (nSPS) is 22.5. The van der Waals surface area contributed by atoms with E-state index in [0.29, 0.717) is 34.3 Å². The van der Waals surface area contributed by atoms with Crippen LogP contribution in [0.1, 0.15) is 38.5 Å². The number of rotatable bonds is 7. The summed E-state index contributed by atoms with van der Waals surface area (Å²) in [4.78, 5) is 22.8. The van der Waals surface area contributed by atoms with E-state index in [0.717, 1.165) is 51.6 Å². The molecule has 37 heavy (non-hydrogen) atoms. The molecule has 10 heteroatoms. The summed E-state index contributed by atoms with van der Waals surface area (Å²) in [5.74, 6) is 0.823. The van der Waals surface area contributed by atoms with Gasteiger partial charge in [0.2, 0.25) is 5.91 Å². The summed E-state index contributed by atoms with van der Waals surface area (Å²) in [6.45, 7) is 1.77. The van der Waals surface area contributed by atoms with Gasteiger partial charge in [-0.15, -0.1) is 0 Å². The van der Waals surface area contributed by atoms with E-state index in [1.54, 1.807) is 25.3 Å². The first kappa shape index (κ1) is 25.5. The van der Waals surface area contributed by atoms with Crippen LogP contribution in [0.15, 0.2) is 36.7 Å². The fourth-order valence-corrected chi connectivity index (χ4v) is 5.60. The van der Waals surface area contributed by atoms with Crippen LogP contribution in [-0.4, -0.2) is 53.1 Å². The van der Waals surface area contributed by atoms with Crippen LogP contribution in [0.3, 0.4) is 0 Å². The molecule has 0 radical (unpaired) electrons. The number of benzene rings is 2. The number of carbonyl (C=O) groups excluding carboxylic acids is 1. The molecular formula is C27H31ClFN5O3. The summed E-state index contributed by atoms with van der Waals surface area (Å²) in [7, 11) is 1.60. The number of carbonyl (C=O) groups is 1. The SMILES string of the molecule is COc1cc2ncnc(Nc3cccc(Cl)c3F)c2cc1O[C@H]1CC[C@@H](N2CCC[C@H](C(N)=O)C2)CC1. The first-order valence-electron chi connectivity index (χ1n) is 12.7. The number of ether oxygens (including phenoxy) is 2. The Morgan fingerprint density at radius 1 is 1.16 bits per heavy atom. The lowest BCUT2D eigenvalue weighted by molar-refractivity contribution is -0.123. The van der Waals surface area contributed by atoms with Gasteiger partial charge in [0.15, 0.2) is 17.3 Å². The van der Waals surface area contributed by atoms with Crippen molar-refractivity contribution in [1.29, 1.82) is 0 Å². The Balaban J connectivity index is 1.31. The lowest BCUT2D eigenvalue weighted by atomic mass is 9.88. The largest absolute Gasteiger partial charge is 0.493 e. The first-order chi connectivity index (χ1) is 17.9. The second kappa shape index (κ2) is 11.1. The number of anilines is 2. The Kier molecular flexibility index (Phi) is 7.62. The minimum absolute atomic E-state index is 0.0272. The highest BCUT2D eigenvalue weighted by atomic mass is 35.5. The maximum Gasteiger partial charge on any atom is 0.221 e. The fourth-order valence-electron chi connectivity index (χ4n) is 5.42. The van der Waals surface area contributed by atoms with Crippen molar-refractivity contribution in [3.05, 3.63) is 47.5 Å². The van der Waals surface area contributed by atoms with Crippen LogP contribution in [-0.2, 0) is 4.79 Å². The molecule has 0 unspecified atom stereocenters. The van der Waals surface area contributed by atoms with Gasteiger partial charge >= 0.3 is 0 Å². The van der Waals surface area contributed by atoms with E-state index in [4.69, 9.17) is 26.8 Å². The third kappa shape index (κ3) is 5.57. The number of nitrogens with two attached hydrogens (primary N) is 1. The lowest BCUT2D eigenvalue weighted by Gasteiger charge is -2.40. The van der Waals surface area contributed by atoms with Crippen molar-refractivity contribution in [2.45, 2.75) is 50.7 Å². The Morgan fingerprint density at radius 2 is 1.97 bits per heavy atom. The van der Waals surface area contributed by atoms with Gasteiger partial charge in [-0.05, 0) is 63.3 Å². The van der Waals surface area contributed by atoms with E-state index in [2.05, 4.69) is 20.2 Å². The predicted octanol–water partition coefficient (Wildman–Crippen LogP) is 5.06. The number of methoxy groups -OCH3 is 1. The summed E-state index contributed by atoms with van der Waals surface area (Å²) in [6, 6.07) is 8.85. The van der Waals surface area contributed by atoms with E-state index in [1.165, 1.54) is 12.4 Å². The highest BCUT2D eigenvalue weighted by molar-refractivity contribution is 6.31. The van der Waals surface area contributed by atoms with Crippen molar-refractivity contribution in [3.63, 3.8) is 0 Å².